The summed E-state index contributed by atoms with van der Waals surface area (Å²) < 4.78 is 16.6. The Labute approximate surface area is 184 Å². The van der Waals surface area contributed by atoms with Gasteiger partial charge in [0.1, 0.15) is 0 Å². The zero-order valence-corrected chi connectivity index (χ0v) is 18.2. The Bertz CT molecular complexity index is 1110. The van der Waals surface area contributed by atoms with Gasteiger partial charge < -0.3 is 14.2 Å². The first-order valence-corrected chi connectivity index (χ1v) is 9.98. The van der Waals surface area contributed by atoms with Gasteiger partial charge >= 0.3 is 5.97 Å². The molecule has 0 atom stereocenters. The van der Waals surface area contributed by atoms with E-state index < -0.39 is 10.9 Å². The molecule has 0 fully saturated rings. The van der Waals surface area contributed by atoms with E-state index in [-0.39, 0.29) is 23.4 Å². The highest BCUT2D eigenvalue weighted by atomic mass is 35.5. The van der Waals surface area contributed by atoms with E-state index in [4.69, 9.17) is 25.8 Å². The number of carbonyl (C=O) groups excluding carboxylic acids is 1. The van der Waals surface area contributed by atoms with Gasteiger partial charge in [-0.15, -0.1) is 0 Å². The molecule has 2 aromatic rings. The van der Waals surface area contributed by atoms with E-state index in [0.29, 0.717) is 39.8 Å². The summed E-state index contributed by atoms with van der Waals surface area (Å²) in [7, 11) is 0. The van der Waals surface area contributed by atoms with Gasteiger partial charge in [-0.3, -0.25) is 10.1 Å². The summed E-state index contributed by atoms with van der Waals surface area (Å²) in [5, 5.41) is 11.3. The van der Waals surface area contributed by atoms with Crippen LogP contribution in [-0.2, 0) is 9.53 Å². The van der Waals surface area contributed by atoms with Crippen LogP contribution in [0.4, 0.5) is 5.69 Å². The number of hydrogen-bond donors (Lipinski definition) is 0. The van der Waals surface area contributed by atoms with Gasteiger partial charge in [-0.2, -0.15) is 0 Å². The van der Waals surface area contributed by atoms with E-state index in [1.807, 2.05) is 20.8 Å². The van der Waals surface area contributed by atoms with Crippen LogP contribution in [0.25, 0.3) is 6.08 Å². The van der Waals surface area contributed by atoms with Crippen LogP contribution in [0, 0.1) is 17.0 Å². The fraction of sp³-hybridized carbons (Fsp3) is 0.273. The fourth-order valence-corrected chi connectivity index (χ4v) is 3.23. The Morgan fingerprint density at radius 2 is 2.03 bits per heavy atom. The number of nitro groups is 1. The van der Waals surface area contributed by atoms with Gasteiger partial charge in [-0.1, -0.05) is 11.6 Å². The Balaban J connectivity index is 1.96. The highest BCUT2D eigenvalue weighted by Gasteiger charge is 2.26. The van der Waals surface area contributed by atoms with Crippen molar-refractivity contribution < 1.29 is 23.9 Å². The van der Waals surface area contributed by atoms with E-state index in [9.17, 15) is 14.9 Å². The molecule has 2 aromatic carbocycles. The number of ether oxygens (including phenoxy) is 3. The summed E-state index contributed by atoms with van der Waals surface area (Å²) in [6, 6.07) is 7.74. The molecule has 1 aliphatic heterocycles. The molecule has 0 amide bonds. The van der Waals surface area contributed by atoms with Gasteiger partial charge in [0.2, 0.25) is 5.90 Å². The highest BCUT2D eigenvalue weighted by molar-refractivity contribution is 6.32. The minimum absolute atomic E-state index is 0.0220. The number of esters is 1. The number of nitrogens with zero attached hydrogens (tertiary/aromatic N) is 2. The van der Waals surface area contributed by atoms with Gasteiger partial charge in [0.25, 0.3) is 5.69 Å². The number of aliphatic imine (C=N–C) groups is 1. The van der Waals surface area contributed by atoms with Gasteiger partial charge in [0.05, 0.1) is 22.7 Å². The summed E-state index contributed by atoms with van der Waals surface area (Å²) in [5.41, 5.74) is 1.54. The van der Waals surface area contributed by atoms with Crippen molar-refractivity contribution in [3.63, 3.8) is 0 Å². The van der Waals surface area contributed by atoms with Crippen LogP contribution in [0.3, 0.4) is 0 Å². The van der Waals surface area contributed by atoms with E-state index in [1.54, 1.807) is 25.1 Å². The third-order valence-corrected chi connectivity index (χ3v) is 4.53. The van der Waals surface area contributed by atoms with Gasteiger partial charge in [0, 0.05) is 17.2 Å². The number of cyclic esters (lactones) is 1. The van der Waals surface area contributed by atoms with Crippen LogP contribution >= 0.6 is 11.6 Å². The first-order chi connectivity index (χ1) is 14.7. The van der Waals surface area contributed by atoms with Crippen molar-refractivity contribution in [2.24, 2.45) is 4.99 Å². The summed E-state index contributed by atoms with van der Waals surface area (Å²) >= 11 is 6.38. The smallest absolute Gasteiger partial charge is 0.363 e. The predicted octanol–water partition coefficient (Wildman–Crippen LogP) is 5.09. The largest absolute Gasteiger partial charge is 0.490 e. The third-order valence-electron chi connectivity index (χ3n) is 4.25. The average Bonchev–Trinajstić information content (AvgIpc) is 3.04. The van der Waals surface area contributed by atoms with Gasteiger partial charge in [-0.25, -0.2) is 9.79 Å². The lowest BCUT2D eigenvalue weighted by Gasteiger charge is -2.16. The van der Waals surface area contributed by atoms with Crippen LogP contribution in [0.2, 0.25) is 5.02 Å². The number of hydrogen-bond acceptors (Lipinski definition) is 7. The average molecular weight is 445 g/mol. The lowest BCUT2D eigenvalue weighted by atomic mass is 10.1. The maximum atomic E-state index is 12.3. The molecule has 0 unspecified atom stereocenters. The van der Waals surface area contributed by atoms with Gasteiger partial charge in [0.15, 0.2) is 17.2 Å². The lowest BCUT2D eigenvalue weighted by molar-refractivity contribution is -0.385. The second-order valence-electron chi connectivity index (χ2n) is 7.02. The first kappa shape index (κ1) is 22.3. The highest BCUT2D eigenvalue weighted by Crippen LogP contribution is 2.38. The Morgan fingerprint density at radius 3 is 2.65 bits per heavy atom. The normalized spacial score (nSPS) is 14.6. The molecule has 0 saturated carbocycles. The van der Waals surface area contributed by atoms with E-state index in [2.05, 4.69) is 4.99 Å². The molecule has 0 spiro atoms. The van der Waals surface area contributed by atoms with Crippen LogP contribution in [0.15, 0.2) is 41.0 Å². The minimum Gasteiger partial charge on any atom is -0.490 e. The quantitative estimate of drug-likeness (QED) is 0.255. The molecule has 3 rings (SSSR count). The summed E-state index contributed by atoms with van der Waals surface area (Å²) in [6.45, 7) is 7.62. The van der Waals surface area contributed by atoms with Crippen molar-refractivity contribution >= 4 is 35.2 Å². The van der Waals surface area contributed by atoms with Crippen molar-refractivity contribution in [3.05, 3.63) is 67.9 Å². The molecular formula is C22H21ClN2O6. The van der Waals surface area contributed by atoms with Crippen molar-refractivity contribution in [1.29, 1.82) is 0 Å². The molecule has 8 nitrogen and oxygen atoms in total. The van der Waals surface area contributed by atoms with Crippen molar-refractivity contribution in [3.8, 4) is 11.5 Å². The maximum Gasteiger partial charge on any atom is 0.363 e. The topological polar surface area (TPSA) is 100 Å². The number of halogens is 1. The molecular weight excluding hydrogens is 424 g/mol. The zero-order chi connectivity index (χ0) is 22.7. The van der Waals surface area contributed by atoms with Crippen molar-refractivity contribution in [1.82, 2.24) is 0 Å². The van der Waals surface area contributed by atoms with E-state index in [1.165, 1.54) is 18.2 Å². The first-order valence-electron chi connectivity index (χ1n) is 9.60. The maximum absolute atomic E-state index is 12.3. The zero-order valence-electron chi connectivity index (χ0n) is 17.5. The Morgan fingerprint density at radius 1 is 1.29 bits per heavy atom. The molecule has 1 heterocycles. The standard InChI is InChI=1S/C22H21ClN2O6/c1-5-29-19-11-14(9-16(23)20(19)30-12(2)3)10-17-22(26)31-21(24-17)15-6-7-18(25(27)28)13(4)8-15/h6-12H,5H2,1-4H3/b17-10-. The number of carbonyl (C=O) groups is 1. The summed E-state index contributed by atoms with van der Waals surface area (Å²) in [6.07, 6.45) is 1.43. The Kier molecular flexibility index (Phi) is 6.60. The lowest BCUT2D eigenvalue weighted by Crippen LogP contribution is -2.08. The SMILES string of the molecule is CCOc1cc(/C=C2\N=C(c3ccc([N+](=O)[O-])c(C)c3)OC2=O)cc(Cl)c1OC(C)C. The van der Waals surface area contributed by atoms with E-state index >= 15 is 0 Å². The van der Waals surface area contributed by atoms with Crippen molar-refractivity contribution in [2.45, 2.75) is 33.8 Å². The molecule has 162 valence electrons. The predicted molar refractivity (Wildman–Crippen MR) is 117 cm³/mol. The Hall–Kier alpha value is -3.39. The molecule has 0 saturated heterocycles. The molecule has 31 heavy (non-hydrogen) atoms. The second kappa shape index (κ2) is 9.18. The van der Waals surface area contributed by atoms with Crippen LogP contribution in [0.5, 0.6) is 11.5 Å². The molecule has 1 aliphatic rings. The van der Waals surface area contributed by atoms with Crippen molar-refractivity contribution in [2.75, 3.05) is 6.61 Å². The van der Waals surface area contributed by atoms with Crippen LogP contribution in [0.1, 0.15) is 37.5 Å². The molecule has 0 aromatic heterocycles. The number of benzene rings is 2. The molecule has 0 N–H and O–H groups in total. The van der Waals surface area contributed by atoms with E-state index in [0.717, 1.165) is 0 Å². The molecule has 0 radical (unpaired) electrons. The molecule has 9 heteroatoms. The van der Waals surface area contributed by atoms with Crippen LogP contribution in [-0.4, -0.2) is 29.5 Å². The monoisotopic (exact) mass is 444 g/mol. The molecule has 0 aliphatic carbocycles. The van der Waals surface area contributed by atoms with Crippen LogP contribution < -0.4 is 9.47 Å². The fourth-order valence-electron chi connectivity index (χ4n) is 2.97. The summed E-state index contributed by atoms with van der Waals surface area (Å²) in [5.74, 6) is 0.324. The number of aryl methyl sites for hydroxylation is 1. The molecule has 0 bridgehead atoms. The summed E-state index contributed by atoms with van der Waals surface area (Å²) in [4.78, 5) is 27.1. The number of rotatable bonds is 7. The van der Waals surface area contributed by atoms with Gasteiger partial charge in [-0.05, 0) is 63.6 Å². The third kappa shape index (κ3) is 5.03. The minimum atomic E-state index is -0.636. The number of nitro benzene ring substituents is 1. The second-order valence-corrected chi connectivity index (χ2v) is 7.43.